The van der Waals surface area contributed by atoms with Crippen molar-refractivity contribution >= 4 is 15.7 Å². The number of sulfone groups is 1. The second kappa shape index (κ2) is 4.57. The van der Waals surface area contributed by atoms with E-state index < -0.39 is 9.84 Å². The zero-order valence-corrected chi connectivity index (χ0v) is 9.06. The van der Waals surface area contributed by atoms with Crippen molar-refractivity contribution in [3.8, 4) is 0 Å². The third kappa shape index (κ3) is 5.59. The van der Waals surface area contributed by atoms with Gasteiger partial charge in [-0.3, -0.25) is 10.3 Å². The van der Waals surface area contributed by atoms with Crippen LogP contribution in [0.2, 0.25) is 0 Å². The van der Waals surface area contributed by atoms with Gasteiger partial charge in [0.2, 0.25) is 0 Å². The van der Waals surface area contributed by atoms with E-state index in [2.05, 4.69) is 0 Å². The Morgan fingerprint density at radius 2 is 2.08 bits per heavy atom. The maximum atomic E-state index is 10.8. The minimum atomic E-state index is -2.93. The smallest absolute Gasteiger partial charge is 0.148 e. The first-order valence-corrected chi connectivity index (χ1v) is 6.02. The Bertz CT molecular complexity index is 273. The molecule has 0 bridgehead atoms. The van der Waals surface area contributed by atoms with Crippen LogP contribution in [0.3, 0.4) is 0 Å². The van der Waals surface area contributed by atoms with E-state index in [1.54, 1.807) is 18.9 Å². The summed E-state index contributed by atoms with van der Waals surface area (Å²) in [7, 11) is -1.18. The van der Waals surface area contributed by atoms with Crippen LogP contribution >= 0.6 is 0 Å². The molecule has 13 heavy (non-hydrogen) atoms. The fourth-order valence-corrected chi connectivity index (χ4v) is 1.36. The SMILES string of the molecule is CC(C(=N)N)N(C)CCS(C)(=O)=O. The summed E-state index contributed by atoms with van der Waals surface area (Å²) in [6.07, 6.45) is 1.19. The number of amidine groups is 1. The molecule has 0 aliphatic heterocycles. The Hall–Kier alpha value is -0.620. The van der Waals surface area contributed by atoms with Gasteiger partial charge in [0.05, 0.1) is 11.8 Å². The molecular formula is C7H17N3O2S. The molecule has 0 amide bonds. The van der Waals surface area contributed by atoms with E-state index in [-0.39, 0.29) is 17.6 Å². The van der Waals surface area contributed by atoms with Gasteiger partial charge in [-0.1, -0.05) is 0 Å². The summed E-state index contributed by atoms with van der Waals surface area (Å²) in [6.45, 7) is 2.17. The van der Waals surface area contributed by atoms with Crippen LogP contribution in [0.15, 0.2) is 0 Å². The topological polar surface area (TPSA) is 87.2 Å². The van der Waals surface area contributed by atoms with Crippen molar-refractivity contribution in [2.45, 2.75) is 13.0 Å². The van der Waals surface area contributed by atoms with Crippen LogP contribution in [0, 0.1) is 5.41 Å². The molecule has 0 saturated carbocycles. The van der Waals surface area contributed by atoms with Gasteiger partial charge in [-0.05, 0) is 14.0 Å². The molecule has 0 aromatic rings. The lowest BCUT2D eigenvalue weighted by Crippen LogP contribution is -2.41. The van der Waals surface area contributed by atoms with Crippen molar-refractivity contribution in [3.63, 3.8) is 0 Å². The zero-order valence-electron chi connectivity index (χ0n) is 8.24. The van der Waals surface area contributed by atoms with Crippen molar-refractivity contribution in [1.82, 2.24) is 4.90 Å². The highest BCUT2D eigenvalue weighted by molar-refractivity contribution is 7.90. The minimum absolute atomic E-state index is 0.0519. The van der Waals surface area contributed by atoms with E-state index in [1.807, 2.05) is 0 Å². The Morgan fingerprint density at radius 3 is 2.38 bits per heavy atom. The van der Waals surface area contributed by atoms with Crippen molar-refractivity contribution < 1.29 is 8.42 Å². The fraction of sp³-hybridized carbons (Fsp3) is 0.857. The minimum Gasteiger partial charge on any atom is -0.386 e. The van der Waals surface area contributed by atoms with Gasteiger partial charge in [-0.2, -0.15) is 0 Å². The molecule has 0 aromatic carbocycles. The summed E-state index contributed by atoms with van der Waals surface area (Å²) < 4.78 is 21.6. The summed E-state index contributed by atoms with van der Waals surface area (Å²) in [5.74, 6) is 0.150. The summed E-state index contributed by atoms with van der Waals surface area (Å²) in [6, 6.07) is -0.207. The average Bonchev–Trinajstić information content (AvgIpc) is 1.97. The van der Waals surface area contributed by atoms with Crippen LogP contribution in [-0.4, -0.2) is 50.8 Å². The molecule has 5 nitrogen and oxygen atoms in total. The monoisotopic (exact) mass is 207 g/mol. The van der Waals surface area contributed by atoms with Gasteiger partial charge in [0.1, 0.15) is 15.7 Å². The van der Waals surface area contributed by atoms with Crippen molar-refractivity contribution in [2.24, 2.45) is 5.73 Å². The summed E-state index contributed by atoms with van der Waals surface area (Å²) in [5.41, 5.74) is 5.27. The molecule has 0 aliphatic carbocycles. The summed E-state index contributed by atoms with van der Waals surface area (Å²) in [5, 5.41) is 7.15. The maximum Gasteiger partial charge on any atom is 0.148 e. The number of likely N-dealkylation sites (N-methyl/N-ethyl adjacent to an activating group) is 1. The zero-order chi connectivity index (χ0) is 10.6. The number of nitrogens with two attached hydrogens (primary N) is 1. The Kier molecular flexibility index (Phi) is 4.35. The molecule has 0 saturated heterocycles. The molecule has 1 atom stereocenters. The highest BCUT2D eigenvalue weighted by Crippen LogP contribution is 1.95. The van der Waals surface area contributed by atoms with Gasteiger partial charge in [0, 0.05) is 12.8 Å². The van der Waals surface area contributed by atoms with Gasteiger partial charge < -0.3 is 5.73 Å². The van der Waals surface area contributed by atoms with Crippen LogP contribution in [0.4, 0.5) is 0 Å². The van der Waals surface area contributed by atoms with Gasteiger partial charge in [0.25, 0.3) is 0 Å². The van der Waals surface area contributed by atoms with Crippen molar-refractivity contribution in [2.75, 3.05) is 25.6 Å². The van der Waals surface area contributed by atoms with E-state index in [0.717, 1.165) is 0 Å². The largest absolute Gasteiger partial charge is 0.386 e. The Balaban J connectivity index is 4.02. The molecular weight excluding hydrogens is 190 g/mol. The summed E-state index contributed by atoms with van der Waals surface area (Å²) in [4.78, 5) is 1.74. The van der Waals surface area contributed by atoms with Crippen LogP contribution < -0.4 is 5.73 Å². The van der Waals surface area contributed by atoms with Crippen LogP contribution in [0.1, 0.15) is 6.92 Å². The van der Waals surface area contributed by atoms with E-state index in [1.165, 1.54) is 6.26 Å². The number of nitrogens with one attached hydrogen (secondary N) is 1. The van der Waals surface area contributed by atoms with Gasteiger partial charge in [-0.25, -0.2) is 8.42 Å². The van der Waals surface area contributed by atoms with E-state index in [9.17, 15) is 8.42 Å². The predicted molar refractivity (Wildman–Crippen MR) is 53.7 cm³/mol. The molecule has 0 aromatic heterocycles. The molecule has 0 heterocycles. The van der Waals surface area contributed by atoms with Gasteiger partial charge in [-0.15, -0.1) is 0 Å². The molecule has 0 spiro atoms. The van der Waals surface area contributed by atoms with Crippen molar-refractivity contribution in [3.05, 3.63) is 0 Å². The Labute approximate surface area is 79.3 Å². The van der Waals surface area contributed by atoms with E-state index in [0.29, 0.717) is 6.54 Å². The Morgan fingerprint density at radius 1 is 1.62 bits per heavy atom. The lowest BCUT2D eigenvalue weighted by molar-refractivity contribution is 0.327. The predicted octanol–water partition coefficient (Wildman–Crippen LogP) is -0.713. The first-order valence-electron chi connectivity index (χ1n) is 3.96. The normalized spacial score (nSPS) is 14.5. The third-order valence-corrected chi connectivity index (χ3v) is 2.85. The molecule has 0 radical (unpaired) electrons. The molecule has 0 rings (SSSR count). The molecule has 6 heteroatoms. The third-order valence-electron chi connectivity index (χ3n) is 1.93. The standard InChI is InChI=1S/C7H17N3O2S/c1-6(7(8)9)10(2)4-5-13(3,11)12/h6H,4-5H2,1-3H3,(H3,8,9). The lowest BCUT2D eigenvalue weighted by Gasteiger charge is -2.22. The highest BCUT2D eigenvalue weighted by atomic mass is 32.2. The first kappa shape index (κ1) is 12.4. The number of hydrogen-bond donors (Lipinski definition) is 2. The highest BCUT2D eigenvalue weighted by Gasteiger charge is 2.13. The number of hydrogen-bond acceptors (Lipinski definition) is 4. The van der Waals surface area contributed by atoms with E-state index >= 15 is 0 Å². The van der Waals surface area contributed by atoms with Crippen molar-refractivity contribution in [1.29, 1.82) is 5.41 Å². The van der Waals surface area contributed by atoms with E-state index in [4.69, 9.17) is 11.1 Å². The average molecular weight is 207 g/mol. The molecule has 78 valence electrons. The molecule has 0 fully saturated rings. The van der Waals surface area contributed by atoms with Crippen LogP contribution in [-0.2, 0) is 9.84 Å². The van der Waals surface area contributed by atoms with Crippen LogP contribution in [0.5, 0.6) is 0 Å². The molecule has 0 aliphatic rings. The number of nitrogens with zero attached hydrogens (tertiary/aromatic N) is 1. The van der Waals surface area contributed by atoms with Crippen LogP contribution in [0.25, 0.3) is 0 Å². The van der Waals surface area contributed by atoms with Gasteiger partial charge in [0.15, 0.2) is 0 Å². The maximum absolute atomic E-state index is 10.8. The second-order valence-corrected chi connectivity index (χ2v) is 5.50. The first-order chi connectivity index (χ1) is 5.74. The fourth-order valence-electron chi connectivity index (χ4n) is 0.741. The quantitative estimate of drug-likeness (QED) is 0.460. The second-order valence-electron chi connectivity index (χ2n) is 3.24. The molecule has 1 unspecified atom stereocenters. The lowest BCUT2D eigenvalue weighted by atomic mass is 10.3. The molecule has 3 N–H and O–H groups in total. The number of rotatable bonds is 5. The van der Waals surface area contributed by atoms with Gasteiger partial charge >= 0.3 is 0 Å². The summed E-state index contributed by atoms with van der Waals surface area (Å²) >= 11 is 0.